The minimum Gasteiger partial charge on any atom is -0.393 e. The predicted octanol–water partition coefficient (Wildman–Crippen LogP) is 0.628. The van der Waals surface area contributed by atoms with Crippen molar-refractivity contribution >= 4 is 5.91 Å². The van der Waals surface area contributed by atoms with E-state index in [0.29, 0.717) is 12.3 Å². The third kappa shape index (κ3) is 2.20. The number of rotatable bonds is 3. The highest BCUT2D eigenvalue weighted by Gasteiger charge is 2.43. The molecule has 2 aliphatic heterocycles. The van der Waals surface area contributed by atoms with Gasteiger partial charge in [0.2, 0.25) is 5.91 Å². The summed E-state index contributed by atoms with van der Waals surface area (Å²) in [5.41, 5.74) is 6.03. The maximum atomic E-state index is 12.3. The van der Waals surface area contributed by atoms with Gasteiger partial charge in [-0.15, -0.1) is 0 Å². The van der Waals surface area contributed by atoms with E-state index in [0.717, 1.165) is 25.7 Å². The van der Waals surface area contributed by atoms with Gasteiger partial charge in [0.1, 0.15) is 0 Å². The van der Waals surface area contributed by atoms with E-state index < -0.39 is 0 Å². The van der Waals surface area contributed by atoms with Crippen LogP contribution < -0.4 is 5.73 Å². The lowest BCUT2D eigenvalue weighted by atomic mass is 9.98. The van der Waals surface area contributed by atoms with Crippen LogP contribution in [-0.2, 0) is 4.79 Å². The second kappa shape index (κ2) is 4.25. The van der Waals surface area contributed by atoms with Crippen LogP contribution in [0.25, 0.3) is 0 Å². The molecule has 2 heterocycles. The zero-order valence-electron chi connectivity index (χ0n) is 10.2. The molecule has 3 unspecified atom stereocenters. The number of fused-ring (bicyclic) bond motifs is 2. The van der Waals surface area contributed by atoms with Gasteiger partial charge in [-0.2, -0.15) is 0 Å². The van der Waals surface area contributed by atoms with E-state index in [2.05, 4.69) is 0 Å². The molecule has 3 N–H and O–H groups in total. The first-order valence-corrected chi connectivity index (χ1v) is 6.90. The maximum absolute atomic E-state index is 12.3. The molecule has 0 aromatic heterocycles. The van der Waals surface area contributed by atoms with Crippen LogP contribution in [0.1, 0.15) is 44.9 Å². The van der Waals surface area contributed by atoms with Gasteiger partial charge in [0.25, 0.3) is 0 Å². The van der Waals surface area contributed by atoms with Gasteiger partial charge in [0.15, 0.2) is 0 Å². The first-order chi connectivity index (χ1) is 8.15. The smallest absolute Gasteiger partial charge is 0.224 e. The Morgan fingerprint density at radius 3 is 2.35 bits per heavy atom. The summed E-state index contributed by atoms with van der Waals surface area (Å²) < 4.78 is 0. The Morgan fingerprint density at radius 1 is 1.24 bits per heavy atom. The van der Waals surface area contributed by atoms with Crippen molar-refractivity contribution in [1.82, 2.24) is 4.90 Å². The number of aliphatic hydroxyl groups is 1. The number of hydrogen-bond donors (Lipinski definition) is 2. The van der Waals surface area contributed by atoms with Gasteiger partial charge >= 0.3 is 0 Å². The van der Waals surface area contributed by atoms with Gasteiger partial charge in [-0.25, -0.2) is 0 Å². The fourth-order valence-electron chi connectivity index (χ4n) is 3.55. The van der Waals surface area contributed by atoms with Gasteiger partial charge in [0.05, 0.1) is 6.10 Å². The third-order valence-electron chi connectivity index (χ3n) is 4.63. The average molecular weight is 238 g/mol. The van der Waals surface area contributed by atoms with Gasteiger partial charge in [-0.05, 0) is 44.4 Å². The van der Waals surface area contributed by atoms with E-state index in [-0.39, 0.29) is 30.1 Å². The zero-order chi connectivity index (χ0) is 12.0. The normalized spacial score (nSPS) is 38.2. The summed E-state index contributed by atoms with van der Waals surface area (Å²) in [4.78, 5) is 14.3. The lowest BCUT2D eigenvalue weighted by molar-refractivity contribution is -0.137. The van der Waals surface area contributed by atoms with Crippen molar-refractivity contribution in [2.75, 3.05) is 0 Å². The summed E-state index contributed by atoms with van der Waals surface area (Å²) in [7, 11) is 0. The molecule has 0 aromatic rings. The molecule has 3 aliphatic rings. The van der Waals surface area contributed by atoms with Crippen LogP contribution in [0.3, 0.4) is 0 Å². The van der Waals surface area contributed by atoms with Crippen molar-refractivity contribution in [3.8, 4) is 0 Å². The summed E-state index contributed by atoms with van der Waals surface area (Å²) in [6.45, 7) is 0. The molecule has 96 valence electrons. The number of nitrogens with two attached hydrogens (primary N) is 1. The third-order valence-corrected chi connectivity index (χ3v) is 4.63. The van der Waals surface area contributed by atoms with E-state index in [9.17, 15) is 9.90 Å². The first-order valence-electron chi connectivity index (χ1n) is 6.90. The average Bonchev–Trinajstić information content (AvgIpc) is 3.05. The molecule has 1 saturated carbocycles. The largest absolute Gasteiger partial charge is 0.393 e. The fourth-order valence-corrected chi connectivity index (χ4v) is 3.55. The predicted molar refractivity (Wildman–Crippen MR) is 64.2 cm³/mol. The van der Waals surface area contributed by atoms with E-state index >= 15 is 0 Å². The summed E-state index contributed by atoms with van der Waals surface area (Å²) in [6, 6.07) is 0.624. The summed E-state index contributed by atoms with van der Waals surface area (Å²) >= 11 is 0. The highest BCUT2D eigenvalue weighted by atomic mass is 16.3. The lowest BCUT2D eigenvalue weighted by Crippen LogP contribution is -2.49. The number of hydrogen-bond acceptors (Lipinski definition) is 3. The topological polar surface area (TPSA) is 66.6 Å². The Bertz CT molecular complexity index is 303. The second-order valence-electron chi connectivity index (χ2n) is 6.02. The quantitative estimate of drug-likeness (QED) is 0.758. The van der Waals surface area contributed by atoms with E-state index in [1.165, 1.54) is 12.8 Å². The zero-order valence-corrected chi connectivity index (χ0v) is 10.2. The molecule has 0 radical (unpaired) electrons. The van der Waals surface area contributed by atoms with Crippen molar-refractivity contribution in [2.24, 2.45) is 11.7 Å². The standard InChI is InChI=1S/C13H22N2O2/c14-12(8-1-2-8)7-13(17)15-9-3-4-10(15)6-11(16)5-9/h8-12,16H,1-7,14H2. The van der Waals surface area contributed by atoms with Crippen LogP contribution in [-0.4, -0.2) is 40.1 Å². The van der Waals surface area contributed by atoms with Crippen LogP contribution in [0.4, 0.5) is 0 Å². The van der Waals surface area contributed by atoms with E-state index in [1.807, 2.05) is 4.90 Å². The number of piperidine rings is 1. The second-order valence-corrected chi connectivity index (χ2v) is 6.02. The van der Waals surface area contributed by atoms with Crippen LogP contribution in [0.2, 0.25) is 0 Å². The Hall–Kier alpha value is -0.610. The number of carbonyl (C=O) groups is 1. The maximum Gasteiger partial charge on any atom is 0.224 e. The van der Waals surface area contributed by atoms with E-state index in [1.54, 1.807) is 0 Å². The van der Waals surface area contributed by atoms with Crippen LogP contribution in [0.5, 0.6) is 0 Å². The number of amides is 1. The molecule has 4 nitrogen and oxygen atoms in total. The summed E-state index contributed by atoms with van der Waals surface area (Å²) in [5.74, 6) is 0.816. The lowest BCUT2D eigenvalue weighted by Gasteiger charge is -2.37. The molecule has 4 heteroatoms. The minimum atomic E-state index is -0.200. The van der Waals surface area contributed by atoms with E-state index in [4.69, 9.17) is 5.73 Å². The Balaban J connectivity index is 1.62. The molecule has 1 aliphatic carbocycles. The highest BCUT2D eigenvalue weighted by Crippen LogP contribution is 2.38. The number of nitrogens with zero attached hydrogens (tertiary/aromatic N) is 1. The Labute approximate surface area is 102 Å². The van der Waals surface area contributed by atoms with Crippen molar-refractivity contribution in [3.05, 3.63) is 0 Å². The van der Waals surface area contributed by atoms with Gasteiger partial charge in [0, 0.05) is 24.5 Å². The molecule has 1 amide bonds. The molecule has 3 fully saturated rings. The number of aliphatic hydroxyl groups excluding tert-OH is 1. The molecule has 3 atom stereocenters. The van der Waals surface area contributed by atoms with Crippen LogP contribution >= 0.6 is 0 Å². The van der Waals surface area contributed by atoms with Crippen LogP contribution in [0.15, 0.2) is 0 Å². The number of carbonyl (C=O) groups excluding carboxylic acids is 1. The molecule has 2 saturated heterocycles. The van der Waals surface area contributed by atoms with Gasteiger partial charge in [-0.3, -0.25) is 4.79 Å². The molecule has 17 heavy (non-hydrogen) atoms. The molecular formula is C13H22N2O2. The Morgan fingerprint density at radius 2 is 1.82 bits per heavy atom. The first kappa shape index (κ1) is 11.5. The molecule has 0 aromatic carbocycles. The summed E-state index contributed by atoms with van der Waals surface area (Å²) in [5, 5.41) is 9.71. The minimum absolute atomic E-state index is 0.0637. The van der Waals surface area contributed by atoms with Crippen molar-refractivity contribution in [3.63, 3.8) is 0 Å². The van der Waals surface area contributed by atoms with Crippen molar-refractivity contribution in [2.45, 2.75) is 69.2 Å². The molecule has 2 bridgehead atoms. The molecule has 3 rings (SSSR count). The summed E-state index contributed by atoms with van der Waals surface area (Å²) in [6.07, 6.45) is 6.35. The SMILES string of the molecule is NC(CC(=O)N1C2CCC1CC(O)C2)C1CC1. The monoisotopic (exact) mass is 238 g/mol. The van der Waals surface area contributed by atoms with Crippen molar-refractivity contribution < 1.29 is 9.90 Å². The van der Waals surface area contributed by atoms with Gasteiger partial charge < -0.3 is 15.7 Å². The highest BCUT2D eigenvalue weighted by molar-refractivity contribution is 5.78. The van der Waals surface area contributed by atoms with Gasteiger partial charge in [-0.1, -0.05) is 0 Å². The van der Waals surface area contributed by atoms with Crippen LogP contribution in [0, 0.1) is 5.92 Å². The Kier molecular flexibility index (Phi) is 2.87. The molecule has 0 spiro atoms. The molecular weight excluding hydrogens is 216 g/mol. The fraction of sp³-hybridized carbons (Fsp3) is 0.923. The van der Waals surface area contributed by atoms with Crippen molar-refractivity contribution in [1.29, 1.82) is 0 Å².